The number of nitrogens with zero attached hydrogens (tertiary/aromatic N) is 4. The topological polar surface area (TPSA) is 122 Å². The fourth-order valence-corrected chi connectivity index (χ4v) is 8.43. The summed E-state index contributed by atoms with van der Waals surface area (Å²) in [6.07, 6.45) is 1.93. The van der Waals surface area contributed by atoms with E-state index in [1.807, 2.05) is 88.7 Å². The number of carbonyl (C=O) groups is 3. The summed E-state index contributed by atoms with van der Waals surface area (Å²) < 4.78 is 6.31. The van der Waals surface area contributed by atoms with Gasteiger partial charge in [0.15, 0.2) is 10.8 Å². The van der Waals surface area contributed by atoms with Crippen molar-refractivity contribution in [1.82, 2.24) is 15.2 Å². The van der Waals surface area contributed by atoms with Gasteiger partial charge in [-0.25, -0.2) is 9.78 Å². The lowest BCUT2D eigenvalue weighted by atomic mass is 9.77. The first-order valence-corrected chi connectivity index (χ1v) is 19.8. The van der Waals surface area contributed by atoms with Crippen LogP contribution in [0, 0.1) is 0 Å². The maximum Gasteiger partial charge on any atom is 0.356 e. The van der Waals surface area contributed by atoms with Gasteiger partial charge in [-0.2, -0.15) is 0 Å². The van der Waals surface area contributed by atoms with E-state index in [4.69, 9.17) is 14.6 Å². The van der Waals surface area contributed by atoms with Crippen molar-refractivity contribution in [1.29, 1.82) is 0 Å². The second-order valence-corrected chi connectivity index (χ2v) is 17.1. The molecule has 2 amide bonds. The molecule has 286 valence electrons. The Morgan fingerprint density at radius 2 is 1.47 bits per heavy atom. The van der Waals surface area contributed by atoms with Crippen molar-refractivity contribution in [3.05, 3.63) is 141 Å². The Labute approximate surface area is 330 Å². The largest absolute Gasteiger partial charge is 0.455 e. The van der Waals surface area contributed by atoms with Crippen LogP contribution < -0.4 is 10.6 Å². The van der Waals surface area contributed by atoms with E-state index in [1.165, 1.54) is 35.1 Å². The van der Waals surface area contributed by atoms with Gasteiger partial charge >= 0.3 is 5.97 Å². The quantitative estimate of drug-likeness (QED) is 0.0418. The lowest BCUT2D eigenvalue weighted by Crippen LogP contribution is -2.73. The molecule has 0 aliphatic carbocycles. The highest BCUT2D eigenvalue weighted by molar-refractivity contribution is 8.03. The number of ether oxygens (including phenoxy) is 1. The molecule has 1 aromatic heterocycles. The van der Waals surface area contributed by atoms with Gasteiger partial charge in [0, 0.05) is 29.0 Å². The van der Waals surface area contributed by atoms with Crippen molar-refractivity contribution in [3.63, 3.8) is 0 Å². The van der Waals surface area contributed by atoms with Gasteiger partial charge < -0.3 is 24.7 Å². The summed E-state index contributed by atoms with van der Waals surface area (Å²) in [5.74, 6) is -1.17. The maximum atomic E-state index is 14.0. The molecule has 0 bridgehead atoms. The molecule has 3 aromatic carbocycles. The summed E-state index contributed by atoms with van der Waals surface area (Å²) in [5.41, 5.74) is 2.74. The monoisotopic (exact) mass is 779 g/mol. The number of β-lactam (4-membered cyclic amide) rings is 1. The van der Waals surface area contributed by atoms with Crippen LogP contribution in [0.2, 0.25) is 0 Å². The van der Waals surface area contributed by atoms with E-state index in [1.54, 1.807) is 26.2 Å². The summed E-state index contributed by atoms with van der Waals surface area (Å²) in [4.78, 5) is 53.5. The van der Waals surface area contributed by atoms with E-state index in [-0.39, 0.29) is 17.1 Å². The van der Waals surface area contributed by atoms with Gasteiger partial charge in [0.1, 0.15) is 41.4 Å². The highest BCUT2D eigenvalue weighted by atomic mass is 32.2. The Kier molecular flexibility index (Phi) is 11.4. The molecule has 3 heterocycles. The van der Waals surface area contributed by atoms with Gasteiger partial charge in [-0.1, -0.05) is 96.2 Å². The zero-order valence-corrected chi connectivity index (χ0v) is 34.0. The van der Waals surface area contributed by atoms with Crippen LogP contribution in [0.15, 0.2) is 124 Å². The number of oxime groups is 1. The van der Waals surface area contributed by atoms with Crippen LogP contribution in [0.25, 0.3) is 0 Å². The smallest absolute Gasteiger partial charge is 0.356 e. The molecular formula is C42H47N6O5S2+. The maximum absolute atomic E-state index is 14.0. The van der Waals surface area contributed by atoms with E-state index in [0.29, 0.717) is 20.3 Å². The zero-order chi connectivity index (χ0) is 39.5. The molecular weight excluding hydrogens is 733 g/mol. The molecule has 0 saturated carbocycles. The Balaban J connectivity index is 1.29. The summed E-state index contributed by atoms with van der Waals surface area (Å²) in [6.45, 7) is 7.34. The SMILES string of the molecule is CON=C(C(=O)NC1C(=O)N2C(C(=O)OC(C)(C)C)=C(/C=C(\C)[N+](C)(C)C)SCC12)c1csc(NC(c2ccccc2)(c2ccccc2)c2ccccc2)n1. The number of esters is 1. The molecule has 13 heteroatoms. The van der Waals surface area contributed by atoms with Crippen molar-refractivity contribution in [2.45, 2.75) is 50.9 Å². The molecule has 2 aliphatic rings. The minimum Gasteiger partial charge on any atom is -0.455 e. The number of benzene rings is 3. The van der Waals surface area contributed by atoms with Gasteiger partial charge in [-0.3, -0.25) is 14.5 Å². The van der Waals surface area contributed by atoms with Crippen LogP contribution in [0.3, 0.4) is 0 Å². The number of carbonyl (C=O) groups excluding carboxylic acids is 3. The average molecular weight is 780 g/mol. The number of rotatable bonds is 12. The van der Waals surface area contributed by atoms with Crippen molar-refractivity contribution < 1.29 is 28.4 Å². The number of quaternary nitrogens is 1. The lowest BCUT2D eigenvalue weighted by molar-refractivity contribution is -0.831. The number of hydrogen-bond donors (Lipinski definition) is 2. The number of fused-ring (bicyclic) bond motifs is 1. The molecule has 1 saturated heterocycles. The average Bonchev–Trinajstić information content (AvgIpc) is 3.62. The van der Waals surface area contributed by atoms with Gasteiger partial charge in [-0.15, -0.1) is 23.1 Å². The second kappa shape index (κ2) is 15.9. The van der Waals surface area contributed by atoms with Gasteiger partial charge in [-0.05, 0) is 37.5 Å². The number of thiazole rings is 1. The normalized spacial score (nSPS) is 18.0. The molecule has 0 radical (unpaired) electrons. The highest BCUT2D eigenvalue weighted by Crippen LogP contribution is 2.42. The van der Waals surface area contributed by atoms with E-state index >= 15 is 0 Å². The molecule has 4 aromatic rings. The van der Waals surface area contributed by atoms with Crippen LogP contribution in [0.5, 0.6) is 0 Å². The fraction of sp³-hybridized carbons (Fsp3) is 0.310. The summed E-state index contributed by atoms with van der Waals surface area (Å²) in [5, 5.41) is 12.9. The predicted octanol–water partition coefficient (Wildman–Crippen LogP) is 6.50. The molecule has 11 nitrogen and oxygen atoms in total. The summed E-state index contributed by atoms with van der Waals surface area (Å²) in [6, 6.07) is 29.0. The Bertz CT molecular complexity index is 2040. The summed E-state index contributed by atoms with van der Waals surface area (Å²) in [7, 11) is 7.44. The summed E-state index contributed by atoms with van der Waals surface area (Å²) >= 11 is 2.78. The van der Waals surface area contributed by atoms with Crippen molar-refractivity contribution in [2.75, 3.05) is 39.3 Å². The van der Waals surface area contributed by atoms with E-state index < -0.39 is 41.0 Å². The minimum atomic E-state index is -0.900. The second-order valence-electron chi connectivity index (χ2n) is 15.2. The number of allylic oxidation sites excluding steroid dienone is 2. The fourth-order valence-electron chi connectivity index (χ4n) is 6.42. The first kappa shape index (κ1) is 39.5. The molecule has 0 spiro atoms. The highest BCUT2D eigenvalue weighted by Gasteiger charge is 2.54. The third-order valence-corrected chi connectivity index (χ3v) is 11.3. The molecule has 2 aliphatic heterocycles. The minimum absolute atomic E-state index is 0.0867. The number of hydrogen-bond acceptors (Lipinski definition) is 10. The van der Waals surface area contributed by atoms with Crippen molar-refractivity contribution in [3.8, 4) is 0 Å². The number of aromatic nitrogens is 1. The number of nitrogens with one attached hydrogen (secondary N) is 2. The lowest BCUT2D eigenvalue weighted by Gasteiger charge is -2.50. The zero-order valence-electron chi connectivity index (χ0n) is 32.3. The third-order valence-electron chi connectivity index (χ3n) is 9.44. The first-order chi connectivity index (χ1) is 26.1. The van der Waals surface area contributed by atoms with Gasteiger partial charge in [0.2, 0.25) is 0 Å². The third kappa shape index (κ3) is 8.24. The van der Waals surface area contributed by atoms with Crippen LogP contribution in [-0.2, 0) is 29.5 Å². The Morgan fingerprint density at radius 3 is 1.96 bits per heavy atom. The van der Waals surface area contributed by atoms with E-state index in [2.05, 4.69) is 52.2 Å². The van der Waals surface area contributed by atoms with Crippen LogP contribution in [0.1, 0.15) is 50.1 Å². The molecule has 2 atom stereocenters. The molecule has 2 N–H and O–H groups in total. The van der Waals surface area contributed by atoms with Crippen molar-refractivity contribution >= 4 is 51.7 Å². The molecule has 55 heavy (non-hydrogen) atoms. The van der Waals surface area contributed by atoms with Crippen LogP contribution in [-0.4, -0.2) is 89.6 Å². The number of amides is 2. The molecule has 1 fully saturated rings. The van der Waals surface area contributed by atoms with Crippen LogP contribution >= 0.6 is 23.1 Å². The van der Waals surface area contributed by atoms with Crippen molar-refractivity contribution in [2.24, 2.45) is 5.16 Å². The number of thioether (sulfide) groups is 1. The first-order valence-electron chi connectivity index (χ1n) is 17.9. The van der Waals surface area contributed by atoms with Gasteiger partial charge in [0.05, 0.1) is 27.2 Å². The van der Waals surface area contributed by atoms with Gasteiger partial charge in [0.25, 0.3) is 11.8 Å². The Hall–Kier alpha value is -5.24. The van der Waals surface area contributed by atoms with E-state index in [9.17, 15) is 14.4 Å². The standard InChI is InChI=1S/C42H46N6O5S2/c1-27(48(5,6)7)24-33-36(39(51)53-41(2,3)4)47-32(26-54-33)35(38(47)50)44-37(49)34(46-52-8)31-25-55-40(43-31)45-42(28-18-12-9-13-19-28,29-20-14-10-15-21-29)30-22-16-11-17-23-30/h9-25,32,35H,26H2,1-8H3,(H-,43,44,45,49)/p+1/b27-24+,46-34?. The number of anilines is 1. The molecule has 6 rings (SSSR count). The van der Waals surface area contributed by atoms with Crippen LogP contribution in [0.4, 0.5) is 5.13 Å². The molecule has 2 unspecified atom stereocenters. The predicted molar refractivity (Wildman–Crippen MR) is 218 cm³/mol. The van der Waals surface area contributed by atoms with E-state index in [0.717, 1.165) is 22.4 Å². The Morgan fingerprint density at radius 1 is 0.927 bits per heavy atom.